The number of hydrogen-bond acceptors (Lipinski definition) is 4. The molecule has 1 unspecified atom stereocenters. The first kappa shape index (κ1) is 16.9. The molecule has 0 fully saturated rings. The van der Waals surface area contributed by atoms with Crippen molar-refractivity contribution in [3.05, 3.63) is 22.2 Å². The highest BCUT2D eigenvalue weighted by Gasteiger charge is 2.23. The van der Waals surface area contributed by atoms with E-state index in [2.05, 4.69) is 4.72 Å². The lowest BCUT2D eigenvalue weighted by Gasteiger charge is -2.15. The van der Waals surface area contributed by atoms with Crippen LogP contribution in [0.1, 0.15) is 13.8 Å². The first-order chi connectivity index (χ1) is 8.77. The maximum absolute atomic E-state index is 12.2. The predicted molar refractivity (Wildman–Crippen MR) is 83.7 cm³/mol. The number of hydrogen-bond donors (Lipinski definition) is 2. The van der Waals surface area contributed by atoms with E-state index in [1.165, 1.54) is 12.1 Å². The molecule has 0 aliphatic rings. The second-order valence-electron chi connectivity index (χ2n) is 3.99. The van der Waals surface area contributed by atoms with E-state index in [4.69, 9.17) is 28.9 Å². The fraction of sp³-hybridized carbons (Fsp3) is 0.455. The lowest BCUT2D eigenvalue weighted by molar-refractivity contribution is 0.571. The molecule has 0 spiro atoms. The lowest BCUT2D eigenvalue weighted by Crippen LogP contribution is -2.34. The lowest BCUT2D eigenvalue weighted by atomic mass is 10.3. The normalized spacial score (nSPS) is 13.5. The van der Waals surface area contributed by atoms with Crippen molar-refractivity contribution >= 4 is 50.7 Å². The monoisotopic (exact) mass is 342 g/mol. The first-order valence-corrected chi connectivity index (χ1v) is 9.02. The van der Waals surface area contributed by atoms with Crippen molar-refractivity contribution in [3.8, 4) is 0 Å². The molecule has 8 heteroatoms. The highest BCUT2D eigenvalue weighted by atomic mass is 35.5. The third-order valence-electron chi connectivity index (χ3n) is 2.23. The Hall–Kier alpha value is -0.140. The molecule has 0 saturated carbocycles. The first-order valence-electron chi connectivity index (χ1n) is 5.62. The molecular weight excluding hydrogens is 327 g/mol. The Kier molecular flexibility index (Phi) is 6.26. The standard InChI is InChI=1S/C11H16Cl2N2O2S2/c1-3-18-6-7(2)15-19(16,17)11-9(13)4-8(12)5-10(11)14/h4-5,7,15H,3,6,14H2,1-2H3. The van der Waals surface area contributed by atoms with Gasteiger partial charge in [0.1, 0.15) is 4.90 Å². The molecule has 0 amide bonds. The van der Waals surface area contributed by atoms with Gasteiger partial charge >= 0.3 is 0 Å². The SMILES string of the molecule is CCSCC(C)NS(=O)(=O)c1c(N)cc(Cl)cc1Cl. The number of nitrogens with one attached hydrogen (secondary N) is 1. The number of benzene rings is 1. The van der Waals surface area contributed by atoms with Crippen LogP contribution in [0.4, 0.5) is 5.69 Å². The average molecular weight is 343 g/mol. The molecule has 0 heterocycles. The van der Waals surface area contributed by atoms with Gasteiger partial charge in [0.05, 0.1) is 10.7 Å². The molecule has 1 aromatic rings. The van der Waals surface area contributed by atoms with Crippen LogP contribution in [-0.4, -0.2) is 26.0 Å². The summed E-state index contributed by atoms with van der Waals surface area (Å²) in [6.45, 7) is 3.81. The van der Waals surface area contributed by atoms with Gasteiger partial charge in [-0.3, -0.25) is 0 Å². The van der Waals surface area contributed by atoms with E-state index < -0.39 is 10.0 Å². The van der Waals surface area contributed by atoms with Crippen molar-refractivity contribution in [1.29, 1.82) is 0 Å². The van der Waals surface area contributed by atoms with Crippen molar-refractivity contribution in [3.63, 3.8) is 0 Å². The van der Waals surface area contributed by atoms with E-state index in [1.54, 1.807) is 18.7 Å². The number of nitrogens with two attached hydrogens (primary N) is 1. The minimum absolute atomic E-state index is 0.0212. The summed E-state index contributed by atoms with van der Waals surface area (Å²) in [6.07, 6.45) is 0. The van der Waals surface area contributed by atoms with Gasteiger partial charge in [-0.05, 0) is 24.8 Å². The molecule has 19 heavy (non-hydrogen) atoms. The number of nitrogen functional groups attached to an aromatic ring is 1. The number of sulfonamides is 1. The van der Waals surface area contributed by atoms with Crippen LogP contribution in [0.3, 0.4) is 0 Å². The minimum Gasteiger partial charge on any atom is -0.398 e. The Bertz CT molecular complexity index is 527. The van der Waals surface area contributed by atoms with Crippen LogP contribution in [-0.2, 0) is 10.0 Å². The second kappa shape index (κ2) is 7.04. The summed E-state index contributed by atoms with van der Waals surface area (Å²) in [6, 6.07) is 2.52. The van der Waals surface area contributed by atoms with E-state index in [0.717, 1.165) is 5.75 Å². The van der Waals surface area contributed by atoms with E-state index in [1.807, 2.05) is 6.92 Å². The summed E-state index contributed by atoms with van der Waals surface area (Å²) >= 11 is 13.3. The molecule has 1 atom stereocenters. The molecule has 1 aromatic carbocycles. The fourth-order valence-electron chi connectivity index (χ4n) is 1.52. The Morgan fingerprint density at radius 3 is 2.58 bits per heavy atom. The second-order valence-corrected chi connectivity index (χ2v) is 7.80. The highest BCUT2D eigenvalue weighted by Crippen LogP contribution is 2.31. The summed E-state index contributed by atoms with van der Waals surface area (Å²) in [5.41, 5.74) is 5.73. The summed E-state index contributed by atoms with van der Waals surface area (Å²) < 4.78 is 27.0. The molecule has 0 aliphatic carbocycles. The fourth-order valence-corrected chi connectivity index (χ4v) is 4.52. The third kappa shape index (κ3) is 4.72. The third-order valence-corrected chi connectivity index (χ3v) is 5.71. The molecule has 4 nitrogen and oxygen atoms in total. The maximum atomic E-state index is 12.2. The van der Waals surface area contributed by atoms with E-state index >= 15 is 0 Å². The minimum atomic E-state index is -3.75. The van der Waals surface area contributed by atoms with Crippen LogP contribution >= 0.6 is 35.0 Å². The molecular formula is C11H16Cl2N2O2S2. The molecule has 0 bridgehead atoms. The van der Waals surface area contributed by atoms with Gasteiger partial charge in [0.15, 0.2) is 0 Å². The Balaban J connectivity index is 3.01. The summed E-state index contributed by atoms with van der Waals surface area (Å²) in [5, 5.41) is 0.323. The van der Waals surface area contributed by atoms with Gasteiger partial charge < -0.3 is 5.73 Å². The number of rotatable bonds is 6. The van der Waals surface area contributed by atoms with Crippen molar-refractivity contribution in [2.24, 2.45) is 0 Å². The van der Waals surface area contributed by atoms with Gasteiger partial charge in [-0.2, -0.15) is 11.8 Å². The quantitative estimate of drug-likeness (QED) is 0.779. The van der Waals surface area contributed by atoms with Crippen molar-refractivity contribution in [2.75, 3.05) is 17.2 Å². The van der Waals surface area contributed by atoms with Crippen LogP contribution < -0.4 is 10.5 Å². The van der Waals surface area contributed by atoms with Gasteiger partial charge in [0.2, 0.25) is 10.0 Å². The molecule has 0 radical (unpaired) electrons. The van der Waals surface area contributed by atoms with Gasteiger partial charge in [0, 0.05) is 16.8 Å². The van der Waals surface area contributed by atoms with Crippen LogP contribution in [0.15, 0.2) is 17.0 Å². The van der Waals surface area contributed by atoms with E-state index in [9.17, 15) is 8.42 Å². The van der Waals surface area contributed by atoms with Crippen LogP contribution in [0.5, 0.6) is 0 Å². The molecule has 108 valence electrons. The van der Waals surface area contributed by atoms with Crippen LogP contribution in [0.2, 0.25) is 10.0 Å². The average Bonchev–Trinajstić information content (AvgIpc) is 2.23. The Morgan fingerprint density at radius 2 is 2.05 bits per heavy atom. The number of thioether (sulfide) groups is 1. The zero-order valence-electron chi connectivity index (χ0n) is 10.6. The Morgan fingerprint density at radius 1 is 1.42 bits per heavy atom. The maximum Gasteiger partial charge on any atom is 0.244 e. The zero-order valence-corrected chi connectivity index (χ0v) is 13.8. The van der Waals surface area contributed by atoms with Crippen LogP contribution in [0, 0.1) is 0 Å². The summed E-state index contributed by atoms with van der Waals surface area (Å²) in [5.74, 6) is 1.61. The van der Waals surface area contributed by atoms with Crippen LogP contribution in [0.25, 0.3) is 0 Å². The summed E-state index contributed by atoms with van der Waals surface area (Å²) in [7, 11) is -3.75. The van der Waals surface area contributed by atoms with E-state index in [0.29, 0.717) is 10.8 Å². The topological polar surface area (TPSA) is 72.2 Å². The highest BCUT2D eigenvalue weighted by molar-refractivity contribution is 7.99. The predicted octanol–water partition coefficient (Wildman–Crippen LogP) is 3.00. The molecule has 1 rings (SSSR count). The van der Waals surface area contributed by atoms with E-state index in [-0.39, 0.29) is 21.6 Å². The van der Waals surface area contributed by atoms with Crippen molar-refractivity contribution in [1.82, 2.24) is 4.72 Å². The summed E-state index contributed by atoms with van der Waals surface area (Å²) in [4.78, 5) is -0.119. The van der Waals surface area contributed by atoms with Crippen molar-refractivity contribution < 1.29 is 8.42 Å². The largest absolute Gasteiger partial charge is 0.398 e. The number of halogens is 2. The van der Waals surface area contributed by atoms with Gasteiger partial charge in [-0.1, -0.05) is 30.1 Å². The van der Waals surface area contributed by atoms with Crippen molar-refractivity contribution in [2.45, 2.75) is 24.8 Å². The molecule has 0 saturated heterocycles. The number of anilines is 1. The Labute approximate surface area is 128 Å². The smallest absolute Gasteiger partial charge is 0.244 e. The molecule has 0 aromatic heterocycles. The van der Waals surface area contributed by atoms with Gasteiger partial charge in [0.25, 0.3) is 0 Å². The molecule has 0 aliphatic heterocycles. The van der Waals surface area contributed by atoms with Gasteiger partial charge in [-0.15, -0.1) is 0 Å². The zero-order chi connectivity index (χ0) is 14.6. The molecule has 3 N–H and O–H groups in total. The van der Waals surface area contributed by atoms with Gasteiger partial charge in [-0.25, -0.2) is 13.1 Å².